The molecule has 96 valence electrons. The monoisotopic (exact) mass is 283 g/mol. The van der Waals surface area contributed by atoms with Crippen molar-refractivity contribution in [2.24, 2.45) is 0 Å². The highest BCUT2D eigenvalue weighted by atomic mass is 35.5. The molecule has 0 saturated carbocycles. The van der Waals surface area contributed by atoms with Gasteiger partial charge in [-0.15, -0.1) is 11.3 Å². The van der Waals surface area contributed by atoms with Gasteiger partial charge in [0, 0.05) is 4.88 Å². The fourth-order valence-corrected chi connectivity index (χ4v) is 3.08. The van der Waals surface area contributed by atoms with Crippen molar-refractivity contribution in [2.75, 3.05) is 6.54 Å². The van der Waals surface area contributed by atoms with Gasteiger partial charge in [0.05, 0.1) is 11.1 Å². The second-order valence-corrected chi connectivity index (χ2v) is 5.49. The van der Waals surface area contributed by atoms with Crippen molar-refractivity contribution in [3.63, 3.8) is 0 Å². The number of hydrogen-bond acceptors (Lipinski definition) is 2. The van der Waals surface area contributed by atoms with Crippen molar-refractivity contribution < 1.29 is 4.39 Å². The van der Waals surface area contributed by atoms with Gasteiger partial charge < -0.3 is 5.32 Å². The summed E-state index contributed by atoms with van der Waals surface area (Å²) in [6.07, 6.45) is 0. The number of aryl methyl sites for hydroxylation is 1. The summed E-state index contributed by atoms with van der Waals surface area (Å²) in [6.45, 7) is 4.94. The second kappa shape index (κ2) is 5.83. The topological polar surface area (TPSA) is 12.0 Å². The van der Waals surface area contributed by atoms with E-state index in [9.17, 15) is 4.39 Å². The van der Waals surface area contributed by atoms with E-state index in [2.05, 4.69) is 23.7 Å². The number of rotatable bonds is 4. The molecule has 2 aromatic rings. The van der Waals surface area contributed by atoms with Gasteiger partial charge in [-0.1, -0.05) is 24.6 Å². The van der Waals surface area contributed by atoms with Crippen LogP contribution in [0.15, 0.2) is 29.6 Å². The number of halogens is 2. The molecule has 1 unspecified atom stereocenters. The predicted octanol–water partition coefficient (Wildman–Crippen LogP) is 4.55. The van der Waals surface area contributed by atoms with Crippen molar-refractivity contribution in [1.29, 1.82) is 0 Å². The Morgan fingerprint density at radius 1 is 1.39 bits per heavy atom. The Morgan fingerprint density at radius 3 is 2.72 bits per heavy atom. The quantitative estimate of drug-likeness (QED) is 0.868. The largest absolute Gasteiger partial charge is 0.306 e. The van der Waals surface area contributed by atoms with Crippen molar-refractivity contribution in [1.82, 2.24) is 5.32 Å². The first kappa shape index (κ1) is 13.5. The molecule has 1 atom stereocenters. The average Bonchev–Trinajstić information content (AvgIpc) is 2.76. The third-order valence-electron chi connectivity index (χ3n) is 2.85. The zero-order chi connectivity index (χ0) is 13.1. The second-order valence-electron chi connectivity index (χ2n) is 4.13. The van der Waals surface area contributed by atoms with Gasteiger partial charge in [-0.3, -0.25) is 0 Å². The molecule has 0 aliphatic carbocycles. The van der Waals surface area contributed by atoms with Gasteiger partial charge in [-0.05, 0) is 48.2 Å². The summed E-state index contributed by atoms with van der Waals surface area (Å²) in [4.78, 5) is 1.22. The first-order chi connectivity index (χ1) is 8.63. The molecule has 1 nitrogen and oxygen atoms in total. The van der Waals surface area contributed by atoms with Crippen LogP contribution in [0.2, 0.25) is 5.02 Å². The van der Waals surface area contributed by atoms with E-state index in [-0.39, 0.29) is 16.9 Å². The molecular weight excluding hydrogens is 269 g/mol. The number of thiophene rings is 1. The molecule has 0 fully saturated rings. The van der Waals surface area contributed by atoms with Crippen LogP contribution in [-0.2, 0) is 0 Å². The van der Waals surface area contributed by atoms with Crippen LogP contribution in [0.25, 0.3) is 0 Å². The molecule has 0 radical (unpaired) electrons. The zero-order valence-electron chi connectivity index (χ0n) is 10.3. The van der Waals surface area contributed by atoms with E-state index < -0.39 is 0 Å². The lowest BCUT2D eigenvalue weighted by Crippen LogP contribution is -2.21. The van der Waals surface area contributed by atoms with Crippen LogP contribution in [-0.4, -0.2) is 6.54 Å². The van der Waals surface area contributed by atoms with E-state index in [1.807, 2.05) is 13.0 Å². The van der Waals surface area contributed by atoms with Gasteiger partial charge >= 0.3 is 0 Å². The average molecular weight is 284 g/mol. The summed E-state index contributed by atoms with van der Waals surface area (Å²) in [6, 6.07) is 7.10. The molecule has 1 aromatic heterocycles. The molecule has 0 bridgehead atoms. The molecule has 4 heteroatoms. The van der Waals surface area contributed by atoms with Crippen LogP contribution in [0.5, 0.6) is 0 Å². The van der Waals surface area contributed by atoms with Gasteiger partial charge in [0.25, 0.3) is 0 Å². The standard InChI is InChI=1S/C14H15ClFNS/c1-3-17-13(14-9(2)6-7-18-14)10-4-5-11(15)12(16)8-10/h4-8,13,17H,3H2,1-2H3. The van der Waals surface area contributed by atoms with E-state index in [0.29, 0.717) is 0 Å². The molecule has 2 rings (SSSR count). The zero-order valence-corrected chi connectivity index (χ0v) is 11.9. The Balaban J connectivity index is 2.41. The minimum atomic E-state index is -0.369. The maximum atomic E-state index is 13.6. The first-order valence-corrected chi connectivity index (χ1v) is 7.11. The van der Waals surface area contributed by atoms with Crippen LogP contribution in [0, 0.1) is 12.7 Å². The summed E-state index contributed by atoms with van der Waals surface area (Å²) >= 11 is 7.41. The highest BCUT2D eigenvalue weighted by Crippen LogP contribution is 2.30. The lowest BCUT2D eigenvalue weighted by atomic mass is 10.0. The van der Waals surface area contributed by atoms with Crippen LogP contribution in [0.4, 0.5) is 4.39 Å². The molecule has 0 aliphatic rings. The number of benzene rings is 1. The van der Waals surface area contributed by atoms with E-state index in [0.717, 1.165) is 12.1 Å². The van der Waals surface area contributed by atoms with Crippen molar-refractivity contribution >= 4 is 22.9 Å². The Bertz CT molecular complexity index is 538. The molecule has 1 N–H and O–H groups in total. The Labute approximate surface area is 116 Å². The lowest BCUT2D eigenvalue weighted by Gasteiger charge is -2.18. The minimum Gasteiger partial charge on any atom is -0.306 e. The first-order valence-electron chi connectivity index (χ1n) is 5.85. The summed E-state index contributed by atoms with van der Waals surface area (Å²) in [5, 5.41) is 5.61. The molecule has 0 aliphatic heterocycles. The SMILES string of the molecule is CCNC(c1ccc(Cl)c(F)c1)c1sccc1C. The fraction of sp³-hybridized carbons (Fsp3) is 0.286. The molecule has 0 spiro atoms. The normalized spacial score (nSPS) is 12.7. The predicted molar refractivity (Wildman–Crippen MR) is 76.0 cm³/mol. The summed E-state index contributed by atoms with van der Waals surface area (Å²) in [5.74, 6) is -0.369. The Kier molecular flexibility index (Phi) is 4.38. The van der Waals surface area contributed by atoms with Crippen molar-refractivity contribution in [3.8, 4) is 0 Å². The number of nitrogens with one attached hydrogen (secondary N) is 1. The minimum absolute atomic E-state index is 0.0294. The van der Waals surface area contributed by atoms with E-state index in [1.54, 1.807) is 17.4 Å². The highest BCUT2D eigenvalue weighted by molar-refractivity contribution is 7.10. The summed E-state index contributed by atoms with van der Waals surface area (Å²) in [5.41, 5.74) is 2.13. The van der Waals surface area contributed by atoms with Gasteiger partial charge in [0.15, 0.2) is 0 Å². The molecule has 18 heavy (non-hydrogen) atoms. The number of hydrogen-bond donors (Lipinski definition) is 1. The summed E-state index contributed by atoms with van der Waals surface area (Å²) < 4.78 is 13.6. The van der Waals surface area contributed by atoms with Crippen LogP contribution >= 0.6 is 22.9 Å². The van der Waals surface area contributed by atoms with E-state index >= 15 is 0 Å². The Morgan fingerprint density at radius 2 is 2.17 bits per heavy atom. The third-order valence-corrected chi connectivity index (χ3v) is 4.24. The maximum absolute atomic E-state index is 13.6. The van der Waals surface area contributed by atoms with Crippen molar-refractivity contribution in [3.05, 3.63) is 56.5 Å². The van der Waals surface area contributed by atoms with Crippen LogP contribution in [0.1, 0.15) is 29.0 Å². The molecule has 1 heterocycles. The molecular formula is C14H15ClFNS. The molecule has 0 saturated heterocycles. The fourth-order valence-electron chi connectivity index (χ4n) is 1.94. The van der Waals surface area contributed by atoms with Crippen LogP contribution in [0.3, 0.4) is 0 Å². The van der Waals surface area contributed by atoms with E-state index in [1.165, 1.54) is 16.5 Å². The highest BCUT2D eigenvalue weighted by Gasteiger charge is 2.17. The van der Waals surface area contributed by atoms with Crippen molar-refractivity contribution in [2.45, 2.75) is 19.9 Å². The molecule has 1 aromatic carbocycles. The van der Waals surface area contributed by atoms with Gasteiger partial charge in [0.2, 0.25) is 0 Å². The van der Waals surface area contributed by atoms with Crippen LogP contribution < -0.4 is 5.32 Å². The molecule has 0 amide bonds. The van der Waals surface area contributed by atoms with E-state index in [4.69, 9.17) is 11.6 Å². The van der Waals surface area contributed by atoms with Gasteiger partial charge in [-0.2, -0.15) is 0 Å². The smallest absolute Gasteiger partial charge is 0.142 e. The van der Waals surface area contributed by atoms with Gasteiger partial charge in [-0.25, -0.2) is 4.39 Å². The lowest BCUT2D eigenvalue weighted by molar-refractivity contribution is 0.606. The Hall–Kier alpha value is -0.900. The third kappa shape index (κ3) is 2.74. The maximum Gasteiger partial charge on any atom is 0.142 e. The summed E-state index contributed by atoms with van der Waals surface area (Å²) in [7, 11) is 0. The van der Waals surface area contributed by atoms with Gasteiger partial charge in [0.1, 0.15) is 5.82 Å².